The normalized spacial score (nSPS) is 12.4. The Hall–Kier alpha value is -0.980. The van der Waals surface area contributed by atoms with Crippen molar-refractivity contribution in [1.82, 2.24) is 0 Å². The molecule has 1 aromatic rings. The lowest BCUT2D eigenvalue weighted by molar-refractivity contribution is 0.645. The molecule has 90 valence electrons. The largest absolute Gasteiger partial charge is 0.383 e. The van der Waals surface area contributed by atoms with Crippen molar-refractivity contribution in [2.24, 2.45) is 0 Å². The third kappa shape index (κ3) is 4.69. The minimum atomic E-state index is 0.581. The van der Waals surface area contributed by atoms with Gasteiger partial charge in [-0.15, -0.1) is 0 Å². The van der Waals surface area contributed by atoms with Crippen molar-refractivity contribution in [1.29, 1.82) is 0 Å². The first kappa shape index (κ1) is 13.1. The van der Waals surface area contributed by atoms with Crippen LogP contribution in [0.1, 0.15) is 52.0 Å². The van der Waals surface area contributed by atoms with E-state index in [-0.39, 0.29) is 0 Å². The van der Waals surface area contributed by atoms with E-state index in [0.29, 0.717) is 6.04 Å². The highest BCUT2D eigenvalue weighted by molar-refractivity contribution is 5.45. The summed E-state index contributed by atoms with van der Waals surface area (Å²) in [5, 5.41) is 3.55. The average Bonchev–Trinajstić information content (AvgIpc) is 2.29. The third-order valence-electron chi connectivity index (χ3n) is 2.90. The Balaban J connectivity index is 2.41. The molecular formula is C15H25N. The van der Waals surface area contributed by atoms with E-state index < -0.39 is 0 Å². The maximum absolute atomic E-state index is 3.55. The Bertz CT molecular complexity index is 276. The zero-order valence-electron chi connectivity index (χ0n) is 10.9. The third-order valence-corrected chi connectivity index (χ3v) is 2.90. The monoisotopic (exact) mass is 219 g/mol. The summed E-state index contributed by atoms with van der Waals surface area (Å²) in [5.74, 6) is 0. The van der Waals surface area contributed by atoms with E-state index >= 15 is 0 Å². The molecule has 1 nitrogen and oxygen atoms in total. The van der Waals surface area contributed by atoms with Crippen LogP contribution in [0.25, 0.3) is 0 Å². The van der Waals surface area contributed by atoms with Crippen LogP contribution in [0.5, 0.6) is 0 Å². The molecule has 0 aromatic heterocycles. The van der Waals surface area contributed by atoms with E-state index in [2.05, 4.69) is 50.4 Å². The molecule has 1 N–H and O–H groups in total. The van der Waals surface area contributed by atoms with Crippen LogP contribution >= 0.6 is 0 Å². The highest BCUT2D eigenvalue weighted by atomic mass is 14.9. The standard InChI is InChI=1S/C15H25N/c1-4-6-8-13(3)16-15-11-9-14(7-5-2)10-12-15/h9-13,16H,4-8H2,1-3H3. The lowest BCUT2D eigenvalue weighted by Gasteiger charge is -2.15. The summed E-state index contributed by atoms with van der Waals surface area (Å²) in [5.41, 5.74) is 2.69. The van der Waals surface area contributed by atoms with Gasteiger partial charge in [-0.05, 0) is 37.5 Å². The van der Waals surface area contributed by atoms with E-state index in [1.807, 2.05) is 0 Å². The van der Waals surface area contributed by atoms with Crippen LogP contribution in [0, 0.1) is 0 Å². The van der Waals surface area contributed by atoms with Gasteiger partial charge in [-0.2, -0.15) is 0 Å². The molecule has 1 aromatic carbocycles. The highest BCUT2D eigenvalue weighted by Crippen LogP contribution is 2.13. The van der Waals surface area contributed by atoms with Gasteiger partial charge >= 0.3 is 0 Å². The molecule has 0 aliphatic rings. The Morgan fingerprint density at radius 1 is 1.06 bits per heavy atom. The molecular weight excluding hydrogens is 194 g/mol. The number of rotatable bonds is 7. The molecule has 1 heteroatoms. The van der Waals surface area contributed by atoms with Crippen molar-refractivity contribution in [3.05, 3.63) is 29.8 Å². The molecule has 0 radical (unpaired) electrons. The molecule has 1 atom stereocenters. The first-order valence-electron chi connectivity index (χ1n) is 6.61. The smallest absolute Gasteiger partial charge is 0.0342 e. The summed E-state index contributed by atoms with van der Waals surface area (Å²) < 4.78 is 0. The summed E-state index contributed by atoms with van der Waals surface area (Å²) in [4.78, 5) is 0. The fourth-order valence-electron chi connectivity index (χ4n) is 1.92. The van der Waals surface area contributed by atoms with Crippen LogP contribution in [0.2, 0.25) is 0 Å². The number of hydrogen-bond acceptors (Lipinski definition) is 1. The number of aryl methyl sites for hydroxylation is 1. The summed E-state index contributed by atoms with van der Waals surface area (Å²) in [6.07, 6.45) is 6.25. The lowest BCUT2D eigenvalue weighted by Crippen LogP contribution is -2.14. The molecule has 1 unspecified atom stereocenters. The van der Waals surface area contributed by atoms with E-state index in [1.54, 1.807) is 0 Å². The first-order valence-corrected chi connectivity index (χ1v) is 6.61. The molecule has 0 aliphatic heterocycles. The van der Waals surface area contributed by atoms with Crippen LogP contribution < -0.4 is 5.32 Å². The minimum absolute atomic E-state index is 0.581. The second-order valence-electron chi connectivity index (χ2n) is 4.63. The van der Waals surface area contributed by atoms with Gasteiger partial charge in [-0.3, -0.25) is 0 Å². The van der Waals surface area contributed by atoms with Crippen LogP contribution in [-0.2, 0) is 6.42 Å². The summed E-state index contributed by atoms with van der Waals surface area (Å²) in [7, 11) is 0. The van der Waals surface area contributed by atoms with Crippen molar-refractivity contribution in [3.63, 3.8) is 0 Å². The summed E-state index contributed by atoms with van der Waals surface area (Å²) in [6.45, 7) is 6.72. The SMILES string of the molecule is CCCCC(C)Nc1ccc(CCC)cc1. The fourth-order valence-corrected chi connectivity index (χ4v) is 1.92. The highest BCUT2D eigenvalue weighted by Gasteiger charge is 2.00. The minimum Gasteiger partial charge on any atom is -0.383 e. The molecule has 0 saturated heterocycles. The number of anilines is 1. The molecule has 0 heterocycles. The molecule has 0 amide bonds. The van der Waals surface area contributed by atoms with E-state index in [4.69, 9.17) is 0 Å². The van der Waals surface area contributed by atoms with Crippen molar-refractivity contribution < 1.29 is 0 Å². The molecule has 0 aliphatic carbocycles. The zero-order valence-corrected chi connectivity index (χ0v) is 10.9. The number of hydrogen-bond donors (Lipinski definition) is 1. The average molecular weight is 219 g/mol. The van der Waals surface area contributed by atoms with Gasteiger partial charge in [0.1, 0.15) is 0 Å². The van der Waals surface area contributed by atoms with E-state index in [1.165, 1.54) is 43.4 Å². The Labute approximate surface area is 100 Å². The Kier molecular flexibility index (Phi) is 5.99. The predicted octanol–water partition coefficient (Wildman–Crippen LogP) is 4.63. The van der Waals surface area contributed by atoms with Gasteiger partial charge in [0.05, 0.1) is 0 Å². The van der Waals surface area contributed by atoms with Gasteiger partial charge in [0.25, 0.3) is 0 Å². The summed E-state index contributed by atoms with van der Waals surface area (Å²) in [6, 6.07) is 9.45. The lowest BCUT2D eigenvalue weighted by atomic mass is 10.1. The summed E-state index contributed by atoms with van der Waals surface area (Å²) >= 11 is 0. The number of unbranched alkanes of at least 4 members (excludes halogenated alkanes) is 1. The molecule has 1 rings (SSSR count). The van der Waals surface area contributed by atoms with Gasteiger partial charge in [0, 0.05) is 11.7 Å². The number of nitrogens with one attached hydrogen (secondary N) is 1. The van der Waals surface area contributed by atoms with Gasteiger partial charge in [-0.1, -0.05) is 45.2 Å². The van der Waals surface area contributed by atoms with Crippen LogP contribution in [0.4, 0.5) is 5.69 Å². The maximum Gasteiger partial charge on any atom is 0.0342 e. The number of benzene rings is 1. The van der Waals surface area contributed by atoms with Crippen LogP contribution in [0.15, 0.2) is 24.3 Å². The van der Waals surface area contributed by atoms with Crippen molar-refractivity contribution in [2.45, 2.75) is 58.9 Å². The van der Waals surface area contributed by atoms with Gasteiger partial charge < -0.3 is 5.32 Å². The van der Waals surface area contributed by atoms with Gasteiger partial charge in [0.2, 0.25) is 0 Å². The zero-order chi connectivity index (χ0) is 11.8. The molecule has 0 bridgehead atoms. The molecule has 0 spiro atoms. The van der Waals surface area contributed by atoms with Crippen molar-refractivity contribution >= 4 is 5.69 Å². The second kappa shape index (κ2) is 7.32. The Morgan fingerprint density at radius 3 is 2.31 bits per heavy atom. The van der Waals surface area contributed by atoms with Gasteiger partial charge in [-0.25, -0.2) is 0 Å². The molecule has 0 fully saturated rings. The Morgan fingerprint density at radius 2 is 1.75 bits per heavy atom. The van der Waals surface area contributed by atoms with E-state index in [0.717, 1.165) is 0 Å². The van der Waals surface area contributed by atoms with Crippen LogP contribution in [0.3, 0.4) is 0 Å². The quantitative estimate of drug-likeness (QED) is 0.705. The van der Waals surface area contributed by atoms with Crippen molar-refractivity contribution in [2.75, 3.05) is 5.32 Å². The van der Waals surface area contributed by atoms with Crippen LogP contribution in [-0.4, -0.2) is 6.04 Å². The maximum atomic E-state index is 3.55. The second-order valence-corrected chi connectivity index (χ2v) is 4.63. The topological polar surface area (TPSA) is 12.0 Å². The molecule has 0 saturated carbocycles. The van der Waals surface area contributed by atoms with Crippen molar-refractivity contribution in [3.8, 4) is 0 Å². The first-order chi connectivity index (χ1) is 7.76. The fraction of sp³-hybridized carbons (Fsp3) is 0.600. The molecule has 16 heavy (non-hydrogen) atoms. The predicted molar refractivity (Wildman–Crippen MR) is 73.0 cm³/mol. The van der Waals surface area contributed by atoms with Gasteiger partial charge in [0.15, 0.2) is 0 Å². The van der Waals surface area contributed by atoms with E-state index in [9.17, 15) is 0 Å².